The number of nitrogens with zero attached hydrogens (tertiary/aromatic N) is 8. The molecule has 478 valence electrons. The Kier molecular flexibility index (Phi) is 25.5. The van der Waals surface area contributed by atoms with E-state index in [0.29, 0.717) is 133 Å². The summed E-state index contributed by atoms with van der Waals surface area (Å²) in [6, 6.07) is 0. The average Bonchev–Trinajstić information content (AvgIpc) is 1.72. The molecule has 20 nitrogen and oxygen atoms in total. The van der Waals surface area contributed by atoms with Crippen LogP contribution in [0.5, 0.6) is 0 Å². The summed E-state index contributed by atoms with van der Waals surface area (Å²) in [5, 5.41) is 28.8. The van der Waals surface area contributed by atoms with Crippen LogP contribution in [0.4, 0.5) is 0 Å². The average molecular weight is 1330 g/mol. The first kappa shape index (κ1) is 73.3. The molecule has 0 bridgehead atoms. The van der Waals surface area contributed by atoms with Crippen LogP contribution in [0.25, 0.3) is 34.9 Å². The smallest absolute Gasteiger partial charge is 0.657 e. The molecule has 0 aliphatic carbocycles. The van der Waals surface area contributed by atoms with Crippen molar-refractivity contribution in [3.8, 4) is 0 Å². The van der Waals surface area contributed by atoms with Crippen molar-refractivity contribution < 1.29 is 92.1 Å². The number of aliphatic imine (C=N–C) groups is 4. The number of methoxy groups -OCH3 is 4. The summed E-state index contributed by atoms with van der Waals surface area (Å²) in [6.07, 6.45) is 19.0. The van der Waals surface area contributed by atoms with Crippen LogP contribution < -0.4 is 9.97 Å². The first-order valence-corrected chi connectivity index (χ1v) is 28.8. The predicted octanol–water partition coefficient (Wildman–Crippen LogP) is 12.5. The van der Waals surface area contributed by atoms with E-state index in [1.807, 2.05) is 53.7 Å². The molecule has 22 heteroatoms. The van der Waals surface area contributed by atoms with Crippen molar-refractivity contribution in [2.45, 2.75) is 107 Å². The van der Waals surface area contributed by atoms with Gasteiger partial charge in [0.15, 0.2) is 0 Å². The summed E-state index contributed by atoms with van der Waals surface area (Å²) in [7, 11) is 5.37. The van der Waals surface area contributed by atoms with E-state index in [1.54, 1.807) is 56.4 Å². The number of carbonyl (C=O) groups excluding carboxylic acids is 6. The van der Waals surface area contributed by atoms with Crippen LogP contribution in [-0.2, 0) is 94.7 Å². The molecule has 0 aromatic carbocycles. The minimum Gasteiger partial charge on any atom is -0.657 e. The standard InChI is InChI=1S/2C35H37N4O6.2Mn/c2*1-9-22-21(6)34(42)39-29(22)16-27-20(5)25(12-14-33(41)45-8)31(37-27)17-30-24(11-13-32(40)44-7)19(4)26(36-30)15-28-18(3)23(10-2)35(43)38-28;;/h2*9-10,15-17H,1-2,11-14H2,3-8H3,(H2-,36,37,38,39,42,43);;/q2*-1;2*+2/p-2. The molecular formula is C70H72Mn2N8O12. The number of rotatable bonds is 22. The molecule has 2 aromatic heterocycles. The van der Waals surface area contributed by atoms with Gasteiger partial charge in [0.05, 0.1) is 74.5 Å². The van der Waals surface area contributed by atoms with E-state index < -0.39 is 0 Å². The second-order valence-corrected chi connectivity index (χ2v) is 21.3. The Morgan fingerprint density at radius 3 is 1.22 bits per heavy atom. The molecule has 0 spiro atoms. The number of esters is 4. The molecule has 2 amide bonds. The number of amides is 2. The molecule has 0 fully saturated rings. The van der Waals surface area contributed by atoms with Gasteiger partial charge < -0.3 is 59.4 Å². The van der Waals surface area contributed by atoms with Gasteiger partial charge in [0.25, 0.3) is 0 Å². The third-order valence-corrected chi connectivity index (χ3v) is 16.2. The van der Waals surface area contributed by atoms with Gasteiger partial charge in [-0.3, -0.25) is 19.2 Å². The summed E-state index contributed by atoms with van der Waals surface area (Å²) < 4.78 is 19.5. The largest absolute Gasteiger partial charge is 2.00 e. The fraction of sp³-hybridized carbons (Fsp3) is 0.286. The zero-order valence-corrected chi connectivity index (χ0v) is 55.9. The van der Waals surface area contributed by atoms with Crippen molar-refractivity contribution in [2.75, 3.05) is 28.4 Å². The number of ether oxygens (including phenoxy) is 4. The monoisotopic (exact) mass is 1330 g/mol. The van der Waals surface area contributed by atoms with Gasteiger partial charge in [0.1, 0.15) is 0 Å². The maximum absolute atomic E-state index is 12.3. The molecule has 8 rings (SSSR count). The quantitative estimate of drug-likeness (QED) is 0.0630. The van der Waals surface area contributed by atoms with Gasteiger partial charge in [-0.05, 0) is 120 Å². The minimum absolute atomic E-state index is 0. The van der Waals surface area contributed by atoms with E-state index >= 15 is 0 Å². The minimum atomic E-state index is -0.358. The van der Waals surface area contributed by atoms with Gasteiger partial charge in [-0.25, -0.2) is 20.0 Å². The zero-order chi connectivity index (χ0) is 66.0. The van der Waals surface area contributed by atoms with Crippen LogP contribution in [0.1, 0.15) is 125 Å². The molecule has 0 saturated heterocycles. The molecule has 92 heavy (non-hydrogen) atoms. The van der Waals surface area contributed by atoms with E-state index in [4.69, 9.17) is 38.9 Å². The number of hydrogen-bond acceptors (Lipinski definition) is 14. The molecule has 8 heterocycles. The maximum Gasteiger partial charge on any atom is 2.00 e. The van der Waals surface area contributed by atoms with Crippen molar-refractivity contribution in [2.24, 2.45) is 20.0 Å². The summed E-state index contributed by atoms with van der Waals surface area (Å²) >= 11 is 0. The predicted molar refractivity (Wildman–Crippen MR) is 349 cm³/mol. The fourth-order valence-corrected chi connectivity index (χ4v) is 10.7. The second kappa shape index (κ2) is 32.0. The number of allylic oxidation sites excluding steroid dienone is 10. The molecule has 0 unspecified atom stereocenters. The van der Waals surface area contributed by atoms with Crippen LogP contribution in [0, 0.1) is 13.8 Å². The van der Waals surface area contributed by atoms with Crippen molar-refractivity contribution in [1.82, 2.24) is 9.97 Å². The number of aromatic nitrogens is 2. The van der Waals surface area contributed by atoms with Crippen LogP contribution in [0.2, 0.25) is 0 Å². The number of hydrogen-bond donors (Lipinski definition) is 2. The molecule has 2 aromatic rings. The van der Waals surface area contributed by atoms with Crippen LogP contribution in [0.3, 0.4) is 0 Å². The SMILES string of the molecule is C=CC1=C(C)/C(=C/C2=NC(=C\c3[n-]c(/C=C4\N=C(O)C(C)=C4C=C)c(C)c3CCC(=O)OC)/C(CCC(=O)OC)=C2C)[N-]C1=O.C=CC1=C(C)/C(=C/c2[n-]c(/C=C3N=C(/C=C4\[N-]C(=O)C(C)=C4C=C)C(C)=C\3CCC(=O)OC)c(CCC(=O)OC)c2C)N=C1O.[Mn+2].[Mn+2]. The summed E-state index contributed by atoms with van der Waals surface area (Å²) in [6.45, 7) is 29.9. The van der Waals surface area contributed by atoms with Gasteiger partial charge in [0.2, 0.25) is 11.8 Å². The third kappa shape index (κ3) is 16.0. The van der Waals surface area contributed by atoms with Crippen LogP contribution >= 0.6 is 0 Å². The van der Waals surface area contributed by atoms with E-state index in [9.17, 15) is 39.0 Å². The van der Waals surface area contributed by atoms with Gasteiger partial charge in [0, 0.05) is 48.0 Å². The molecule has 6 aliphatic heterocycles. The summed E-state index contributed by atoms with van der Waals surface area (Å²) in [5.41, 5.74) is 18.4. The van der Waals surface area contributed by atoms with Crippen molar-refractivity contribution >= 4 is 83.2 Å². The Labute approximate surface area is 556 Å². The molecule has 2 N–H and O–H groups in total. The van der Waals surface area contributed by atoms with Crippen LogP contribution in [-0.4, -0.2) is 97.6 Å². The summed E-state index contributed by atoms with van der Waals surface area (Å²) in [5.74, 6) is -2.28. The Hall–Kier alpha value is -9.46. The fourth-order valence-electron chi connectivity index (χ4n) is 10.7. The van der Waals surface area contributed by atoms with E-state index in [2.05, 4.69) is 46.9 Å². The number of aliphatic hydroxyl groups excluding tert-OH is 2. The van der Waals surface area contributed by atoms with E-state index in [0.717, 1.165) is 50.1 Å². The van der Waals surface area contributed by atoms with Gasteiger partial charge in [-0.2, -0.15) is 0 Å². The van der Waals surface area contributed by atoms with E-state index in [-0.39, 0.29) is 107 Å². The van der Waals surface area contributed by atoms with Gasteiger partial charge >= 0.3 is 58.0 Å². The number of carbonyl (C=O) groups is 6. The molecular weight excluding hydrogens is 1250 g/mol. The maximum atomic E-state index is 12.3. The van der Waals surface area contributed by atoms with Gasteiger partial charge in [-0.1, -0.05) is 115 Å². The molecule has 0 atom stereocenters. The Balaban J connectivity index is 0.000000327. The first-order valence-electron chi connectivity index (χ1n) is 28.8. The Bertz CT molecular complexity index is 4070. The normalized spacial score (nSPS) is 18.7. The Morgan fingerprint density at radius 1 is 0.413 bits per heavy atom. The van der Waals surface area contributed by atoms with Crippen molar-refractivity contribution in [1.29, 1.82) is 0 Å². The molecule has 6 aliphatic rings. The topological polar surface area (TPSA) is 286 Å². The van der Waals surface area contributed by atoms with E-state index in [1.165, 1.54) is 34.5 Å². The summed E-state index contributed by atoms with van der Waals surface area (Å²) in [4.78, 5) is 101. The molecule has 2 radical (unpaired) electrons. The van der Waals surface area contributed by atoms with Crippen molar-refractivity contribution in [3.05, 3.63) is 219 Å². The second-order valence-electron chi connectivity index (χ2n) is 21.3. The third-order valence-electron chi connectivity index (χ3n) is 16.2. The Morgan fingerprint density at radius 2 is 0.804 bits per heavy atom. The first-order chi connectivity index (χ1) is 42.9. The van der Waals surface area contributed by atoms with Crippen LogP contribution in [0.15, 0.2) is 184 Å². The molecule has 0 saturated carbocycles. The zero-order valence-electron chi connectivity index (χ0n) is 53.6. The number of aliphatic hydroxyl groups is 2. The van der Waals surface area contributed by atoms with Gasteiger partial charge in [-0.15, -0.1) is 34.2 Å². The van der Waals surface area contributed by atoms with Crippen molar-refractivity contribution in [3.63, 3.8) is 0 Å².